The fraction of sp³-hybridized carbons (Fsp3) is 0.375. The Morgan fingerprint density at radius 1 is 1.33 bits per heavy atom. The molecule has 3 N–H and O–H groups in total. The van der Waals surface area contributed by atoms with Crippen LogP contribution in [-0.2, 0) is 11.2 Å². The molecule has 8 nitrogen and oxygen atoms in total. The number of aromatic amines is 2. The first kappa shape index (κ1) is 16.0. The van der Waals surface area contributed by atoms with E-state index >= 15 is 0 Å². The number of nitrogens with zero attached hydrogens (tertiary/aromatic N) is 2. The van der Waals surface area contributed by atoms with Crippen LogP contribution in [0.1, 0.15) is 43.1 Å². The Morgan fingerprint density at radius 3 is 2.88 bits per heavy atom. The quantitative estimate of drug-likeness (QED) is 0.637. The molecular weight excluding hydrogens is 310 g/mol. The Kier molecular flexibility index (Phi) is 4.45. The van der Waals surface area contributed by atoms with E-state index in [2.05, 4.69) is 25.4 Å². The van der Waals surface area contributed by atoms with Crippen LogP contribution in [0.4, 0.5) is 0 Å². The minimum absolute atomic E-state index is 0.0607. The van der Waals surface area contributed by atoms with Gasteiger partial charge in [-0.2, -0.15) is 4.98 Å². The van der Waals surface area contributed by atoms with Gasteiger partial charge in [-0.05, 0) is 44.4 Å². The highest BCUT2D eigenvalue weighted by molar-refractivity contribution is 5.76. The third-order valence-electron chi connectivity index (χ3n) is 3.74. The molecule has 1 amide bonds. The Morgan fingerprint density at radius 2 is 2.12 bits per heavy atom. The number of imidazole rings is 1. The zero-order valence-corrected chi connectivity index (χ0v) is 13.5. The van der Waals surface area contributed by atoms with E-state index < -0.39 is 0 Å². The largest absolute Gasteiger partial charge is 0.345 e. The second-order valence-electron chi connectivity index (χ2n) is 5.78. The fourth-order valence-electron chi connectivity index (χ4n) is 2.55. The molecule has 1 aromatic carbocycles. The van der Waals surface area contributed by atoms with Gasteiger partial charge >= 0.3 is 5.69 Å². The van der Waals surface area contributed by atoms with Crippen molar-refractivity contribution in [2.75, 3.05) is 0 Å². The van der Waals surface area contributed by atoms with Gasteiger partial charge in [0.05, 0.1) is 11.0 Å². The predicted octanol–water partition coefficient (Wildman–Crippen LogP) is 1.75. The maximum absolute atomic E-state index is 12.0. The lowest BCUT2D eigenvalue weighted by Gasteiger charge is -2.09. The van der Waals surface area contributed by atoms with Gasteiger partial charge in [-0.25, -0.2) is 4.79 Å². The summed E-state index contributed by atoms with van der Waals surface area (Å²) in [6.45, 7) is 3.54. The molecule has 0 saturated carbocycles. The summed E-state index contributed by atoms with van der Waals surface area (Å²) in [7, 11) is 0. The predicted molar refractivity (Wildman–Crippen MR) is 87.5 cm³/mol. The topological polar surface area (TPSA) is 117 Å². The van der Waals surface area contributed by atoms with Crippen LogP contribution in [0.25, 0.3) is 11.0 Å². The van der Waals surface area contributed by atoms with Crippen molar-refractivity contribution in [2.45, 2.75) is 39.2 Å². The van der Waals surface area contributed by atoms with Crippen molar-refractivity contribution in [2.24, 2.45) is 0 Å². The van der Waals surface area contributed by atoms with Gasteiger partial charge < -0.3 is 19.8 Å². The number of rotatable bonds is 6. The van der Waals surface area contributed by atoms with Crippen molar-refractivity contribution in [3.8, 4) is 0 Å². The van der Waals surface area contributed by atoms with Crippen LogP contribution in [0, 0.1) is 6.92 Å². The Bertz CT molecular complexity index is 908. The summed E-state index contributed by atoms with van der Waals surface area (Å²) in [5, 5.41) is 6.55. The van der Waals surface area contributed by atoms with Gasteiger partial charge in [0.25, 0.3) is 0 Å². The summed E-state index contributed by atoms with van der Waals surface area (Å²) < 4.78 is 5.04. The molecule has 0 aliphatic heterocycles. The summed E-state index contributed by atoms with van der Waals surface area (Å²) in [5.41, 5.74) is 2.42. The second kappa shape index (κ2) is 6.69. The van der Waals surface area contributed by atoms with Gasteiger partial charge in [0.2, 0.25) is 11.8 Å². The first-order valence-electron chi connectivity index (χ1n) is 7.82. The molecule has 0 spiro atoms. The summed E-state index contributed by atoms with van der Waals surface area (Å²) in [6.07, 6.45) is 1.87. The number of carbonyl (C=O) groups is 1. The van der Waals surface area contributed by atoms with E-state index in [0.717, 1.165) is 23.0 Å². The van der Waals surface area contributed by atoms with Gasteiger partial charge in [-0.1, -0.05) is 11.2 Å². The third kappa shape index (κ3) is 3.70. The second-order valence-corrected chi connectivity index (χ2v) is 5.78. The van der Waals surface area contributed by atoms with Crippen LogP contribution in [0.5, 0.6) is 0 Å². The highest BCUT2D eigenvalue weighted by Crippen LogP contribution is 2.13. The van der Waals surface area contributed by atoms with Crippen molar-refractivity contribution >= 4 is 16.9 Å². The highest BCUT2D eigenvalue weighted by atomic mass is 16.5. The molecular formula is C16H19N5O3. The SMILES string of the molecule is Cc1noc([C@@H](C)NC(=O)CCCc2ccc3[nH]c(=O)[nH]c3c2)n1. The molecule has 2 heterocycles. The van der Waals surface area contributed by atoms with Crippen molar-refractivity contribution in [3.63, 3.8) is 0 Å². The molecule has 0 bridgehead atoms. The van der Waals surface area contributed by atoms with E-state index in [1.54, 1.807) is 13.8 Å². The van der Waals surface area contributed by atoms with E-state index in [1.165, 1.54) is 0 Å². The van der Waals surface area contributed by atoms with E-state index in [4.69, 9.17) is 4.52 Å². The zero-order chi connectivity index (χ0) is 17.1. The molecule has 0 aliphatic rings. The number of hydrogen-bond donors (Lipinski definition) is 3. The average molecular weight is 329 g/mol. The molecule has 0 fully saturated rings. The summed E-state index contributed by atoms with van der Waals surface area (Å²) >= 11 is 0. The van der Waals surface area contributed by atoms with E-state index in [-0.39, 0.29) is 17.6 Å². The maximum Gasteiger partial charge on any atom is 0.323 e. The lowest BCUT2D eigenvalue weighted by atomic mass is 10.1. The average Bonchev–Trinajstić information content (AvgIpc) is 3.11. The molecule has 126 valence electrons. The Labute approximate surface area is 137 Å². The van der Waals surface area contributed by atoms with E-state index in [1.807, 2.05) is 18.2 Å². The first-order valence-corrected chi connectivity index (χ1v) is 7.82. The molecule has 0 saturated heterocycles. The monoisotopic (exact) mass is 329 g/mol. The van der Waals surface area contributed by atoms with Crippen LogP contribution >= 0.6 is 0 Å². The summed E-state index contributed by atoms with van der Waals surface area (Å²) in [6, 6.07) is 5.44. The molecule has 2 aromatic heterocycles. The van der Waals surface area contributed by atoms with Crippen molar-refractivity contribution in [1.82, 2.24) is 25.4 Å². The minimum Gasteiger partial charge on any atom is -0.345 e. The van der Waals surface area contributed by atoms with Gasteiger partial charge in [-0.15, -0.1) is 0 Å². The van der Waals surface area contributed by atoms with Crippen LogP contribution in [0.15, 0.2) is 27.5 Å². The summed E-state index contributed by atoms with van der Waals surface area (Å²) in [5.74, 6) is 0.890. The highest BCUT2D eigenvalue weighted by Gasteiger charge is 2.15. The molecule has 0 radical (unpaired) electrons. The van der Waals surface area contributed by atoms with E-state index in [0.29, 0.717) is 24.6 Å². The third-order valence-corrected chi connectivity index (χ3v) is 3.74. The number of carbonyl (C=O) groups excluding carboxylic acids is 1. The van der Waals surface area contributed by atoms with Crippen molar-refractivity contribution in [1.29, 1.82) is 0 Å². The van der Waals surface area contributed by atoms with Gasteiger partial charge in [0.1, 0.15) is 6.04 Å². The van der Waals surface area contributed by atoms with Crippen molar-refractivity contribution in [3.05, 3.63) is 46.0 Å². The number of nitrogens with one attached hydrogen (secondary N) is 3. The number of amides is 1. The number of H-pyrrole nitrogens is 2. The lowest BCUT2D eigenvalue weighted by Crippen LogP contribution is -2.26. The maximum atomic E-state index is 12.0. The smallest absolute Gasteiger partial charge is 0.323 e. The van der Waals surface area contributed by atoms with Crippen LogP contribution < -0.4 is 11.0 Å². The number of hydrogen-bond acceptors (Lipinski definition) is 5. The Hall–Kier alpha value is -2.90. The van der Waals surface area contributed by atoms with Gasteiger partial charge in [0.15, 0.2) is 5.82 Å². The molecule has 3 aromatic rings. The molecule has 8 heteroatoms. The molecule has 24 heavy (non-hydrogen) atoms. The van der Waals surface area contributed by atoms with E-state index in [9.17, 15) is 9.59 Å². The van der Waals surface area contributed by atoms with Crippen LogP contribution in [0.2, 0.25) is 0 Å². The summed E-state index contributed by atoms with van der Waals surface area (Å²) in [4.78, 5) is 32.8. The van der Waals surface area contributed by atoms with Gasteiger partial charge in [-0.3, -0.25) is 4.79 Å². The number of aromatic nitrogens is 4. The first-order chi connectivity index (χ1) is 11.5. The molecule has 3 rings (SSSR count). The molecule has 0 aliphatic carbocycles. The Balaban J connectivity index is 1.49. The number of benzene rings is 1. The standard InChI is InChI=1S/C16H19N5O3/c1-9(15-18-10(2)21-24-15)17-14(22)5-3-4-11-6-7-12-13(8-11)20-16(23)19-12/h6-9H,3-5H2,1-2H3,(H,17,22)(H2,19,20,23)/t9-/m1/s1. The van der Waals surface area contributed by atoms with Crippen molar-refractivity contribution < 1.29 is 9.32 Å². The zero-order valence-electron chi connectivity index (χ0n) is 13.5. The fourth-order valence-corrected chi connectivity index (χ4v) is 2.55. The number of aryl methyl sites for hydroxylation is 2. The lowest BCUT2D eigenvalue weighted by molar-refractivity contribution is -0.122. The van der Waals surface area contributed by atoms with Crippen LogP contribution in [0.3, 0.4) is 0 Å². The normalized spacial score (nSPS) is 12.4. The molecule has 0 unspecified atom stereocenters. The minimum atomic E-state index is -0.306. The number of fused-ring (bicyclic) bond motifs is 1. The van der Waals surface area contributed by atoms with Crippen LogP contribution in [-0.4, -0.2) is 26.0 Å². The van der Waals surface area contributed by atoms with Gasteiger partial charge in [0, 0.05) is 6.42 Å². The molecule has 1 atom stereocenters.